The molecular weight excluding hydrogens is 460 g/mol. The number of imide groups is 1. The molecule has 11 heteroatoms. The summed E-state index contributed by atoms with van der Waals surface area (Å²) in [7, 11) is 2.37. The van der Waals surface area contributed by atoms with Crippen LogP contribution in [0.4, 0.5) is 21.0 Å². The van der Waals surface area contributed by atoms with Crippen molar-refractivity contribution in [2.24, 2.45) is 0 Å². The normalized spacial score (nSPS) is 14.2. The molecule has 11 nitrogen and oxygen atoms in total. The van der Waals surface area contributed by atoms with Gasteiger partial charge in [-0.15, -0.1) is 0 Å². The van der Waals surface area contributed by atoms with Crippen molar-refractivity contribution in [2.45, 2.75) is 52.7 Å². The quantitative estimate of drug-likeness (QED) is 0.454. The van der Waals surface area contributed by atoms with Gasteiger partial charge in [-0.1, -0.05) is 6.07 Å². The SMILES string of the molecule is COC(=O)C1=C(C(=O)OC)N(c2cccc(N(C(=O)OC(C)(C)C)C(=O)OC(C)(C)C)c2)COC1. The van der Waals surface area contributed by atoms with E-state index in [-0.39, 0.29) is 30.3 Å². The Labute approximate surface area is 204 Å². The van der Waals surface area contributed by atoms with Crippen molar-refractivity contribution in [3.05, 3.63) is 35.5 Å². The minimum absolute atomic E-state index is 0.0351. The summed E-state index contributed by atoms with van der Waals surface area (Å²) in [6.45, 7) is 9.75. The highest BCUT2D eigenvalue weighted by Crippen LogP contribution is 2.31. The van der Waals surface area contributed by atoms with Crippen molar-refractivity contribution in [3.63, 3.8) is 0 Å². The van der Waals surface area contributed by atoms with Crippen molar-refractivity contribution in [3.8, 4) is 0 Å². The first-order valence-electron chi connectivity index (χ1n) is 10.8. The van der Waals surface area contributed by atoms with Crippen LogP contribution in [0.25, 0.3) is 0 Å². The molecule has 2 amide bonds. The third kappa shape index (κ3) is 7.19. The van der Waals surface area contributed by atoms with E-state index in [1.807, 2.05) is 0 Å². The number of rotatable bonds is 4. The fourth-order valence-corrected chi connectivity index (χ4v) is 3.05. The first-order chi connectivity index (χ1) is 16.2. The van der Waals surface area contributed by atoms with Gasteiger partial charge in [0, 0.05) is 5.69 Å². The van der Waals surface area contributed by atoms with Gasteiger partial charge >= 0.3 is 24.1 Å². The van der Waals surface area contributed by atoms with Crippen LogP contribution in [-0.4, -0.2) is 62.9 Å². The van der Waals surface area contributed by atoms with Crippen LogP contribution in [0.15, 0.2) is 35.5 Å². The summed E-state index contributed by atoms with van der Waals surface area (Å²) in [6, 6.07) is 6.14. The Morgan fingerprint density at radius 1 is 0.886 bits per heavy atom. The Kier molecular flexibility index (Phi) is 8.50. The minimum Gasteiger partial charge on any atom is -0.466 e. The second kappa shape index (κ2) is 10.8. The zero-order chi connectivity index (χ0) is 26.6. The number of anilines is 2. The maximum Gasteiger partial charge on any atom is 0.424 e. The van der Waals surface area contributed by atoms with Crippen LogP contribution in [-0.2, 0) is 33.3 Å². The lowest BCUT2D eigenvalue weighted by molar-refractivity contribution is -0.140. The van der Waals surface area contributed by atoms with E-state index < -0.39 is 35.3 Å². The molecule has 35 heavy (non-hydrogen) atoms. The largest absolute Gasteiger partial charge is 0.466 e. The molecule has 192 valence electrons. The van der Waals surface area contributed by atoms with Crippen LogP contribution in [0.2, 0.25) is 0 Å². The number of esters is 2. The fourth-order valence-electron chi connectivity index (χ4n) is 3.05. The van der Waals surface area contributed by atoms with Gasteiger partial charge in [-0.2, -0.15) is 4.90 Å². The molecule has 1 aliphatic rings. The smallest absolute Gasteiger partial charge is 0.424 e. The van der Waals surface area contributed by atoms with E-state index in [0.717, 1.165) is 4.90 Å². The van der Waals surface area contributed by atoms with Gasteiger partial charge in [-0.3, -0.25) is 0 Å². The molecule has 0 atom stereocenters. The molecule has 0 aliphatic carbocycles. The van der Waals surface area contributed by atoms with Gasteiger partial charge in [0.2, 0.25) is 0 Å². The standard InChI is InChI=1S/C24H32N2O9/c1-23(2,3)34-21(29)26(22(30)35-24(4,5)6)16-11-9-10-15(12-16)25-14-33-13-17(19(27)31-7)18(25)20(28)32-8/h9-12H,13-14H2,1-8H3. The number of benzene rings is 1. The molecule has 0 aromatic heterocycles. The summed E-state index contributed by atoms with van der Waals surface area (Å²) >= 11 is 0. The zero-order valence-corrected chi connectivity index (χ0v) is 21.3. The van der Waals surface area contributed by atoms with E-state index in [4.69, 9.17) is 23.7 Å². The second-order valence-corrected chi connectivity index (χ2v) is 9.53. The van der Waals surface area contributed by atoms with Gasteiger partial charge in [0.15, 0.2) is 0 Å². The third-order valence-electron chi connectivity index (χ3n) is 4.38. The average molecular weight is 493 g/mol. The fraction of sp³-hybridized carbons (Fsp3) is 0.500. The lowest BCUT2D eigenvalue weighted by Gasteiger charge is -2.32. The van der Waals surface area contributed by atoms with Gasteiger partial charge in [-0.05, 0) is 59.7 Å². The number of carbonyl (C=O) groups is 4. The number of carbonyl (C=O) groups excluding carboxylic acids is 4. The summed E-state index contributed by atoms with van der Waals surface area (Å²) < 4.78 is 26.0. The third-order valence-corrected chi connectivity index (χ3v) is 4.38. The second-order valence-electron chi connectivity index (χ2n) is 9.53. The highest BCUT2D eigenvalue weighted by molar-refractivity contribution is 6.10. The molecule has 1 aromatic carbocycles. The van der Waals surface area contributed by atoms with Crippen LogP contribution >= 0.6 is 0 Å². The molecule has 0 N–H and O–H groups in total. The number of amides is 2. The predicted molar refractivity (Wildman–Crippen MR) is 126 cm³/mol. The predicted octanol–water partition coefficient (Wildman–Crippen LogP) is 3.76. The van der Waals surface area contributed by atoms with Crippen molar-refractivity contribution in [2.75, 3.05) is 37.4 Å². The molecule has 1 aromatic rings. The van der Waals surface area contributed by atoms with Gasteiger partial charge in [0.25, 0.3) is 0 Å². The molecule has 1 aliphatic heterocycles. The molecule has 1 heterocycles. The molecular formula is C24H32N2O9. The van der Waals surface area contributed by atoms with Gasteiger partial charge in [-0.25, -0.2) is 19.2 Å². The maximum atomic E-state index is 13.0. The number of methoxy groups -OCH3 is 2. The molecule has 2 rings (SSSR count). The van der Waals surface area contributed by atoms with E-state index in [1.165, 1.54) is 31.3 Å². The Morgan fingerprint density at radius 2 is 1.43 bits per heavy atom. The summed E-state index contributed by atoms with van der Waals surface area (Å²) in [5, 5.41) is 0. The van der Waals surface area contributed by atoms with E-state index >= 15 is 0 Å². The van der Waals surface area contributed by atoms with Crippen LogP contribution in [0.1, 0.15) is 41.5 Å². The van der Waals surface area contributed by atoms with Crippen LogP contribution < -0.4 is 9.80 Å². The van der Waals surface area contributed by atoms with E-state index in [0.29, 0.717) is 5.69 Å². The van der Waals surface area contributed by atoms with Crippen molar-refractivity contribution >= 4 is 35.5 Å². The molecule has 0 unspecified atom stereocenters. The maximum absolute atomic E-state index is 13.0. The van der Waals surface area contributed by atoms with Gasteiger partial charge < -0.3 is 28.6 Å². The molecule has 0 saturated carbocycles. The van der Waals surface area contributed by atoms with Gasteiger partial charge in [0.1, 0.15) is 23.6 Å². The molecule has 0 spiro atoms. The number of hydrogen-bond acceptors (Lipinski definition) is 10. The van der Waals surface area contributed by atoms with E-state index in [1.54, 1.807) is 53.7 Å². The van der Waals surface area contributed by atoms with Crippen LogP contribution in [0, 0.1) is 0 Å². The van der Waals surface area contributed by atoms with Crippen molar-refractivity contribution in [1.29, 1.82) is 0 Å². The van der Waals surface area contributed by atoms with E-state index in [2.05, 4.69) is 0 Å². The lowest BCUT2D eigenvalue weighted by atomic mass is 10.1. The monoisotopic (exact) mass is 492 g/mol. The first-order valence-corrected chi connectivity index (χ1v) is 10.8. The van der Waals surface area contributed by atoms with Gasteiger partial charge in [0.05, 0.1) is 32.1 Å². The highest BCUT2D eigenvalue weighted by atomic mass is 16.6. The topological polar surface area (TPSA) is 121 Å². The molecule has 0 bridgehead atoms. The summed E-state index contributed by atoms with van der Waals surface area (Å²) in [5.41, 5.74) is -1.44. The molecule has 0 radical (unpaired) electrons. The highest BCUT2D eigenvalue weighted by Gasteiger charge is 2.35. The lowest BCUT2D eigenvalue weighted by Crippen LogP contribution is -2.44. The molecule has 0 fully saturated rings. The first kappa shape index (κ1) is 27.6. The minimum atomic E-state index is -0.947. The number of ether oxygens (including phenoxy) is 5. The molecule has 0 saturated heterocycles. The Bertz CT molecular complexity index is 991. The Morgan fingerprint density at radius 3 is 1.91 bits per heavy atom. The number of nitrogens with zero attached hydrogens (tertiary/aromatic N) is 2. The summed E-state index contributed by atoms with van der Waals surface area (Å²) in [6.07, 6.45) is -1.89. The van der Waals surface area contributed by atoms with Crippen LogP contribution in [0.5, 0.6) is 0 Å². The average Bonchev–Trinajstić information content (AvgIpc) is 2.75. The van der Waals surface area contributed by atoms with Crippen molar-refractivity contribution in [1.82, 2.24) is 0 Å². The Hall–Kier alpha value is -3.60. The van der Waals surface area contributed by atoms with Crippen LogP contribution in [0.3, 0.4) is 0 Å². The van der Waals surface area contributed by atoms with Crippen molar-refractivity contribution < 1.29 is 42.9 Å². The summed E-state index contributed by atoms with van der Waals surface area (Å²) in [5.74, 6) is -1.54. The summed E-state index contributed by atoms with van der Waals surface area (Å²) in [4.78, 5) is 53.0. The zero-order valence-electron chi connectivity index (χ0n) is 21.3. The number of hydrogen-bond donors (Lipinski definition) is 0. The Balaban J connectivity index is 2.59. The van der Waals surface area contributed by atoms with E-state index in [9.17, 15) is 19.2 Å².